The summed E-state index contributed by atoms with van der Waals surface area (Å²) in [5, 5.41) is 12.6. The van der Waals surface area contributed by atoms with Crippen molar-refractivity contribution in [3.63, 3.8) is 0 Å². The minimum Gasteiger partial charge on any atom is -0.508 e. The Bertz CT molecular complexity index is 587. The summed E-state index contributed by atoms with van der Waals surface area (Å²) in [6.45, 7) is 0. The average molecular weight is 308 g/mol. The second kappa shape index (κ2) is 7.22. The van der Waals surface area contributed by atoms with E-state index in [1.807, 2.05) is 12.1 Å². The van der Waals surface area contributed by atoms with Gasteiger partial charge in [0.1, 0.15) is 5.75 Å². The van der Waals surface area contributed by atoms with Gasteiger partial charge in [0.2, 0.25) is 5.91 Å². The zero-order chi connectivity index (χ0) is 14.4. The van der Waals surface area contributed by atoms with Crippen molar-refractivity contribution in [3.05, 3.63) is 53.6 Å². The molecule has 20 heavy (non-hydrogen) atoms. The molecule has 0 spiro atoms. The van der Waals surface area contributed by atoms with Gasteiger partial charge in [0.15, 0.2) is 0 Å². The number of aromatic hydroxyl groups is 1. The smallest absolute Gasteiger partial charge is 0.225 e. The molecule has 0 saturated heterocycles. The maximum Gasteiger partial charge on any atom is 0.225 e. The Morgan fingerprint density at radius 1 is 1.20 bits per heavy atom. The fraction of sp³-hybridized carbons (Fsp3) is 0.133. The van der Waals surface area contributed by atoms with Crippen molar-refractivity contribution in [2.24, 2.45) is 0 Å². The third-order valence-electron chi connectivity index (χ3n) is 2.54. The number of rotatable bonds is 5. The van der Waals surface area contributed by atoms with Crippen LogP contribution in [0, 0.1) is 0 Å². The highest BCUT2D eigenvalue weighted by Crippen LogP contribution is 2.21. The van der Waals surface area contributed by atoms with Gasteiger partial charge in [0.25, 0.3) is 0 Å². The Labute approximate surface area is 127 Å². The van der Waals surface area contributed by atoms with Gasteiger partial charge in [0.05, 0.1) is 0 Å². The molecule has 104 valence electrons. The van der Waals surface area contributed by atoms with Crippen LogP contribution in [0.4, 0.5) is 5.69 Å². The summed E-state index contributed by atoms with van der Waals surface area (Å²) >= 11 is 7.42. The summed E-state index contributed by atoms with van der Waals surface area (Å²) in [5.41, 5.74) is 0.706. The van der Waals surface area contributed by atoms with E-state index in [4.69, 9.17) is 11.6 Å². The highest BCUT2D eigenvalue weighted by atomic mass is 35.5. The van der Waals surface area contributed by atoms with E-state index < -0.39 is 0 Å². The number of hydrogen-bond donors (Lipinski definition) is 2. The van der Waals surface area contributed by atoms with E-state index >= 15 is 0 Å². The first-order valence-electron chi connectivity index (χ1n) is 6.11. The third-order valence-corrected chi connectivity index (χ3v) is 3.79. The maximum absolute atomic E-state index is 11.8. The number of anilines is 1. The molecule has 2 aromatic rings. The van der Waals surface area contributed by atoms with Crippen LogP contribution >= 0.6 is 23.4 Å². The van der Waals surface area contributed by atoms with Gasteiger partial charge in [-0.15, -0.1) is 11.8 Å². The second-order valence-electron chi connectivity index (χ2n) is 4.15. The Morgan fingerprint density at radius 3 is 2.65 bits per heavy atom. The van der Waals surface area contributed by atoms with E-state index in [9.17, 15) is 9.90 Å². The normalized spacial score (nSPS) is 10.2. The van der Waals surface area contributed by atoms with Crippen LogP contribution in [0.3, 0.4) is 0 Å². The lowest BCUT2D eigenvalue weighted by Gasteiger charge is -2.05. The molecule has 0 aliphatic heterocycles. The van der Waals surface area contributed by atoms with Gasteiger partial charge in [-0.3, -0.25) is 4.79 Å². The summed E-state index contributed by atoms with van der Waals surface area (Å²) in [6, 6.07) is 14.0. The lowest BCUT2D eigenvalue weighted by molar-refractivity contribution is -0.115. The van der Waals surface area contributed by atoms with Crippen LogP contribution in [0.2, 0.25) is 5.02 Å². The Morgan fingerprint density at radius 2 is 1.95 bits per heavy atom. The number of phenolic OH excluding ortho intramolecular Hbond substituents is 1. The molecular weight excluding hydrogens is 294 g/mol. The van der Waals surface area contributed by atoms with E-state index in [0.717, 1.165) is 4.90 Å². The summed E-state index contributed by atoms with van der Waals surface area (Å²) < 4.78 is 0. The van der Waals surface area contributed by atoms with Crippen LogP contribution in [0.15, 0.2) is 53.4 Å². The van der Waals surface area contributed by atoms with Gasteiger partial charge in [-0.2, -0.15) is 0 Å². The molecule has 0 fully saturated rings. The summed E-state index contributed by atoms with van der Waals surface area (Å²) in [5.74, 6) is 0.878. The van der Waals surface area contributed by atoms with Gasteiger partial charge in [-0.05, 0) is 42.5 Å². The Hall–Kier alpha value is -1.65. The maximum atomic E-state index is 11.8. The molecule has 1 amide bonds. The van der Waals surface area contributed by atoms with Gasteiger partial charge in [0, 0.05) is 27.8 Å². The molecule has 0 heterocycles. The first kappa shape index (κ1) is 14.8. The van der Waals surface area contributed by atoms with Crippen molar-refractivity contribution >= 4 is 35.0 Å². The number of carbonyl (C=O) groups excluding carboxylic acids is 1. The van der Waals surface area contributed by atoms with Crippen molar-refractivity contribution in [2.75, 3.05) is 11.1 Å². The zero-order valence-corrected chi connectivity index (χ0v) is 12.2. The molecular formula is C15H14ClNO2S. The number of halogens is 1. The van der Waals surface area contributed by atoms with Crippen LogP contribution in [0.5, 0.6) is 5.75 Å². The molecule has 0 aliphatic rings. The van der Waals surface area contributed by atoms with E-state index in [2.05, 4.69) is 5.32 Å². The first-order valence-corrected chi connectivity index (χ1v) is 7.47. The number of carbonyl (C=O) groups is 1. The third kappa shape index (κ3) is 4.79. The van der Waals surface area contributed by atoms with E-state index in [0.29, 0.717) is 22.9 Å². The predicted octanol–water partition coefficient (Wildman–Crippen LogP) is 4.17. The number of benzene rings is 2. The average Bonchev–Trinajstić information content (AvgIpc) is 2.41. The molecule has 2 N–H and O–H groups in total. The standard InChI is InChI=1S/C15H14ClNO2S/c16-11-2-1-3-12(10-11)17-15(19)8-9-20-14-6-4-13(18)5-7-14/h1-7,10,18H,8-9H2,(H,17,19). The topological polar surface area (TPSA) is 49.3 Å². The number of nitrogens with one attached hydrogen (secondary N) is 1. The molecule has 0 radical (unpaired) electrons. The van der Waals surface area contributed by atoms with Gasteiger partial charge < -0.3 is 10.4 Å². The number of thioether (sulfide) groups is 1. The fourth-order valence-electron chi connectivity index (χ4n) is 1.59. The van der Waals surface area contributed by atoms with Gasteiger partial charge in [-0.25, -0.2) is 0 Å². The van der Waals surface area contributed by atoms with Crippen LogP contribution in [-0.2, 0) is 4.79 Å². The van der Waals surface area contributed by atoms with Crippen LogP contribution < -0.4 is 5.32 Å². The van der Waals surface area contributed by atoms with Gasteiger partial charge in [-0.1, -0.05) is 17.7 Å². The molecule has 0 aliphatic carbocycles. The molecule has 2 rings (SSSR count). The minimum absolute atomic E-state index is 0.0430. The highest BCUT2D eigenvalue weighted by molar-refractivity contribution is 7.99. The summed E-state index contributed by atoms with van der Waals surface area (Å²) in [6.07, 6.45) is 0.415. The van der Waals surface area contributed by atoms with Crippen LogP contribution in [-0.4, -0.2) is 16.8 Å². The van der Waals surface area contributed by atoms with Crippen molar-refractivity contribution in [1.82, 2.24) is 0 Å². The lowest BCUT2D eigenvalue weighted by Crippen LogP contribution is -2.11. The molecule has 2 aromatic carbocycles. The van der Waals surface area contributed by atoms with Crippen molar-refractivity contribution in [2.45, 2.75) is 11.3 Å². The van der Waals surface area contributed by atoms with Crippen LogP contribution in [0.1, 0.15) is 6.42 Å². The quantitative estimate of drug-likeness (QED) is 0.815. The van der Waals surface area contributed by atoms with E-state index in [1.165, 1.54) is 0 Å². The molecule has 0 bridgehead atoms. The molecule has 0 atom stereocenters. The molecule has 0 saturated carbocycles. The number of phenols is 1. The minimum atomic E-state index is -0.0430. The first-order chi connectivity index (χ1) is 9.63. The second-order valence-corrected chi connectivity index (χ2v) is 5.76. The molecule has 3 nitrogen and oxygen atoms in total. The van der Waals surface area contributed by atoms with Crippen LogP contribution in [0.25, 0.3) is 0 Å². The Balaban J connectivity index is 1.76. The Kier molecular flexibility index (Phi) is 5.32. The van der Waals surface area contributed by atoms with Gasteiger partial charge >= 0.3 is 0 Å². The zero-order valence-electron chi connectivity index (χ0n) is 10.7. The SMILES string of the molecule is O=C(CCSc1ccc(O)cc1)Nc1cccc(Cl)c1. The van der Waals surface area contributed by atoms with Crippen molar-refractivity contribution in [3.8, 4) is 5.75 Å². The fourth-order valence-corrected chi connectivity index (χ4v) is 2.64. The van der Waals surface area contributed by atoms with E-state index in [-0.39, 0.29) is 11.7 Å². The molecule has 0 unspecified atom stereocenters. The summed E-state index contributed by atoms with van der Waals surface area (Å²) in [4.78, 5) is 12.8. The predicted molar refractivity (Wildman–Crippen MR) is 83.5 cm³/mol. The van der Waals surface area contributed by atoms with Crippen molar-refractivity contribution in [1.29, 1.82) is 0 Å². The number of amides is 1. The molecule has 0 aromatic heterocycles. The monoisotopic (exact) mass is 307 g/mol. The molecule has 5 heteroatoms. The number of hydrogen-bond acceptors (Lipinski definition) is 3. The highest BCUT2D eigenvalue weighted by Gasteiger charge is 2.03. The van der Waals surface area contributed by atoms with E-state index in [1.54, 1.807) is 48.2 Å². The summed E-state index contributed by atoms with van der Waals surface area (Å²) in [7, 11) is 0. The lowest BCUT2D eigenvalue weighted by atomic mass is 10.3. The van der Waals surface area contributed by atoms with Crippen molar-refractivity contribution < 1.29 is 9.90 Å². The largest absolute Gasteiger partial charge is 0.508 e.